The van der Waals surface area contributed by atoms with Gasteiger partial charge in [-0.25, -0.2) is 18.4 Å². The number of imidazole rings is 1. The zero-order valence-electron chi connectivity index (χ0n) is 26.0. The lowest BCUT2D eigenvalue weighted by Gasteiger charge is -2.23. The minimum atomic E-state index is -3.49. The molecule has 13 heteroatoms. The van der Waals surface area contributed by atoms with E-state index in [1.54, 1.807) is 7.11 Å². The number of aromatic nitrogens is 4. The Morgan fingerprint density at radius 3 is 2.60 bits per heavy atom. The van der Waals surface area contributed by atoms with Crippen molar-refractivity contribution in [1.29, 1.82) is 0 Å². The molecule has 3 aliphatic heterocycles. The summed E-state index contributed by atoms with van der Waals surface area (Å²) in [7, 11) is 0.0703. The third kappa shape index (κ3) is 4.69. The third-order valence-electron chi connectivity index (χ3n) is 10.3. The molecule has 4 aromatic heterocycles. The molecule has 2 bridgehead atoms. The van der Waals surface area contributed by atoms with Gasteiger partial charge >= 0.3 is 0 Å². The molecule has 4 aromatic rings. The lowest BCUT2D eigenvalue weighted by atomic mass is 9.97. The van der Waals surface area contributed by atoms with Crippen molar-refractivity contribution >= 4 is 38.4 Å². The van der Waals surface area contributed by atoms with Crippen LogP contribution in [0.15, 0.2) is 30.3 Å². The fourth-order valence-corrected chi connectivity index (χ4v) is 9.15. The van der Waals surface area contributed by atoms with Gasteiger partial charge in [0.05, 0.1) is 24.3 Å². The van der Waals surface area contributed by atoms with Crippen molar-refractivity contribution in [3.8, 4) is 17.3 Å². The highest BCUT2D eigenvalue weighted by Gasteiger charge is 2.47. The zero-order valence-corrected chi connectivity index (χ0v) is 26.8. The van der Waals surface area contributed by atoms with Gasteiger partial charge in [0.2, 0.25) is 10.0 Å². The lowest BCUT2D eigenvalue weighted by Crippen LogP contribution is -2.40. The van der Waals surface area contributed by atoms with E-state index < -0.39 is 10.0 Å². The van der Waals surface area contributed by atoms with E-state index in [0.29, 0.717) is 48.5 Å². The maximum atomic E-state index is 13.8. The van der Waals surface area contributed by atoms with E-state index in [0.717, 1.165) is 66.8 Å². The summed E-state index contributed by atoms with van der Waals surface area (Å²) in [5.74, 6) is 1.58. The molecule has 45 heavy (non-hydrogen) atoms. The van der Waals surface area contributed by atoms with Crippen molar-refractivity contribution in [3.05, 3.63) is 41.6 Å². The standard InChI is InChI=1S/C32H40N8O4S/c1-19-30(34-28-15-22(16-29(44-3)39(19)28)32(41)40-23-7-8-25(40)24(33)17-23)26-14-21-6-9-27(35-31(21)37(26)18-20-4-5-20)38-11-10-36(2)12-13-45(38,42)43/h6,9,14-16,20,23-25H,4-5,7-8,10-13,17-18,33H2,1-3H3/t23-,24+,25+/m0/s1. The van der Waals surface area contributed by atoms with Gasteiger partial charge in [-0.15, -0.1) is 0 Å². The molecule has 1 aliphatic carbocycles. The minimum absolute atomic E-state index is 0.0207. The monoisotopic (exact) mass is 632 g/mol. The fourth-order valence-electron chi connectivity index (χ4n) is 7.64. The van der Waals surface area contributed by atoms with E-state index in [1.807, 2.05) is 52.4 Å². The van der Waals surface area contributed by atoms with Crippen molar-refractivity contribution in [3.63, 3.8) is 0 Å². The number of carbonyl (C=O) groups is 1. The molecule has 4 fully saturated rings. The van der Waals surface area contributed by atoms with Crippen LogP contribution in [0.2, 0.25) is 0 Å². The molecule has 1 saturated carbocycles. The molecule has 0 radical (unpaired) electrons. The smallest absolute Gasteiger partial charge is 0.254 e. The van der Waals surface area contributed by atoms with Crippen LogP contribution >= 0.6 is 0 Å². The van der Waals surface area contributed by atoms with Gasteiger partial charge in [-0.1, -0.05) is 0 Å². The molecule has 1 amide bonds. The number of anilines is 1. The second kappa shape index (κ2) is 10.4. The molecular formula is C32H40N8O4S. The molecule has 12 nitrogen and oxygen atoms in total. The Balaban J connectivity index is 1.23. The van der Waals surface area contributed by atoms with Crippen molar-refractivity contribution in [1.82, 2.24) is 28.7 Å². The van der Waals surface area contributed by atoms with Crippen LogP contribution in [0.25, 0.3) is 28.1 Å². The number of nitrogens with zero attached hydrogens (tertiary/aromatic N) is 7. The fraction of sp³-hybridized carbons (Fsp3) is 0.531. The summed E-state index contributed by atoms with van der Waals surface area (Å²) < 4.78 is 37.8. The lowest BCUT2D eigenvalue weighted by molar-refractivity contribution is 0.0726. The highest BCUT2D eigenvalue weighted by molar-refractivity contribution is 7.92. The number of hydrogen-bond donors (Lipinski definition) is 1. The Bertz CT molecular complexity index is 1950. The SMILES string of the molecule is COc1cc(C(=O)N2[C@H]3CC[C@@H]2[C@H](N)C3)cc2nc(-c3cc4ccc(N5CCN(C)CCS5(=O)=O)nc4n3CC3CC3)c(C)n12. The highest BCUT2D eigenvalue weighted by atomic mass is 32.2. The number of likely N-dealkylation sites (N-methyl/N-ethyl adjacent to an activating group) is 1. The van der Waals surface area contributed by atoms with Crippen LogP contribution in [0.3, 0.4) is 0 Å². The number of hydrogen-bond acceptors (Lipinski definition) is 8. The minimum Gasteiger partial charge on any atom is -0.482 e. The number of sulfonamides is 1. The molecule has 3 saturated heterocycles. The molecule has 0 aromatic carbocycles. The topological polar surface area (TPSA) is 131 Å². The number of fused-ring (bicyclic) bond motifs is 4. The molecule has 8 rings (SSSR count). The number of pyridine rings is 2. The normalized spacial score (nSPS) is 25.0. The van der Waals surface area contributed by atoms with Gasteiger partial charge in [-0.05, 0) is 76.3 Å². The number of rotatable bonds is 6. The summed E-state index contributed by atoms with van der Waals surface area (Å²) >= 11 is 0. The van der Waals surface area contributed by atoms with Crippen LogP contribution in [-0.4, -0.2) is 101 Å². The second-order valence-electron chi connectivity index (χ2n) is 13.3. The molecule has 238 valence electrons. The number of nitrogens with two attached hydrogens (primary N) is 1. The summed E-state index contributed by atoms with van der Waals surface area (Å²) in [5.41, 5.74) is 10.9. The maximum Gasteiger partial charge on any atom is 0.254 e. The largest absolute Gasteiger partial charge is 0.482 e. The van der Waals surface area contributed by atoms with Gasteiger partial charge in [0.15, 0.2) is 5.88 Å². The average molecular weight is 633 g/mol. The predicted molar refractivity (Wildman–Crippen MR) is 172 cm³/mol. The van der Waals surface area contributed by atoms with E-state index in [-0.39, 0.29) is 29.8 Å². The van der Waals surface area contributed by atoms with E-state index in [9.17, 15) is 13.2 Å². The summed E-state index contributed by atoms with van der Waals surface area (Å²) in [4.78, 5) is 27.9. The van der Waals surface area contributed by atoms with Crippen molar-refractivity contribution in [2.45, 2.75) is 63.7 Å². The molecule has 0 spiro atoms. The van der Waals surface area contributed by atoms with Crippen molar-refractivity contribution in [2.75, 3.05) is 43.8 Å². The van der Waals surface area contributed by atoms with Gasteiger partial charge in [0.25, 0.3) is 5.91 Å². The number of carbonyl (C=O) groups excluding carboxylic acids is 1. The van der Waals surface area contributed by atoms with E-state index in [4.69, 9.17) is 20.4 Å². The summed E-state index contributed by atoms with van der Waals surface area (Å²) in [6.45, 7) is 4.30. The van der Waals surface area contributed by atoms with Gasteiger partial charge in [-0.3, -0.25) is 13.5 Å². The Kier molecular flexibility index (Phi) is 6.67. The van der Waals surface area contributed by atoms with E-state index in [1.165, 1.54) is 4.31 Å². The number of methoxy groups -OCH3 is 1. The van der Waals surface area contributed by atoms with Crippen LogP contribution in [0, 0.1) is 12.8 Å². The highest BCUT2D eigenvalue weighted by Crippen LogP contribution is 2.40. The first kappa shape index (κ1) is 28.8. The Labute approximate surface area is 262 Å². The van der Waals surface area contributed by atoms with Gasteiger partial charge in [0, 0.05) is 61.3 Å². The Morgan fingerprint density at radius 2 is 1.89 bits per heavy atom. The van der Waals surface area contributed by atoms with Gasteiger partial charge in [0.1, 0.15) is 22.8 Å². The molecule has 3 atom stereocenters. The van der Waals surface area contributed by atoms with Gasteiger partial charge in [-0.2, -0.15) is 0 Å². The van der Waals surface area contributed by atoms with Crippen molar-refractivity contribution in [2.24, 2.45) is 11.7 Å². The first-order valence-electron chi connectivity index (χ1n) is 16.0. The first-order valence-corrected chi connectivity index (χ1v) is 17.6. The Morgan fingerprint density at radius 1 is 1.07 bits per heavy atom. The predicted octanol–water partition coefficient (Wildman–Crippen LogP) is 2.86. The van der Waals surface area contributed by atoms with Gasteiger partial charge < -0.3 is 24.8 Å². The third-order valence-corrected chi connectivity index (χ3v) is 12.0. The number of ether oxygens (including phenoxy) is 1. The zero-order chi connectivity index (χ0) is 31.2. The average Bonchev–Trinajstić information content (AvgIpc) is 3.40. The van der Waals surface area contributed by atoms with Crippen LogP contribution in [0.5, 0.6) is 5.88 Å². The van der Waals surface area contributed by atoms with Crippen LogP contribution < -0.4 is 14.8 Å². The Hall–Kier alpha value is -3.68. The number of amides is 1. The summed E-state index contributed by atoms with van der Waals surface area (Å²) in [6, 6.07) is 9.84. The summed E-state index contributed by atoms with van der Waals surface area (Å²) in [6.07, 6.45) is 5.10. The number of aryl methyl sites for hydroxylation is 1. The van der Waals surface area contributed by atoms with Crippen molar-refractivity contribution < 1.29 is 17.9 Å². The molecule has 2 N–H and O–H groups in total. The first-order chi connectivity index (χ1) is 21.6. The second-order valence-corrected chi connectivity index (χ2v) is 15.3. The van der Waals surface area contributed by atoms with E-state index in [2.05, 4.69) is 10.6 Å². The quantitative estimate of drug-likeness (QED) is 0.344. The molecule has 7 heterocycles. The summed E-state index contributed by atoms with van der Waals surface area (Å²) in [5, 5.41) is 0.930. The molecule has 0 unspecified atom stereocenters. The van der Waals surface area contributed by atoms with Crippen LogP contribution in [0.4, 0.5) is 5.82 Å². The van der Waals surface area contributed by atoms with Crippen LogP contribution in [-0.2, 0) is 16.6 Å². The molecule has 4 aliphatic rings. The van der Waals surface area contributed by atoms with Crippen LogP contribution in [0.1, 0.15) is 48.2 Å². The molecular weight excluding hydrogens is 592 g/mol. The van der Waals surface area contributed by atoms with E-state index >= 15 is 0 Å². The maximum absolute atomic E-state index is 13.8.